The second-order valence-corrected chi connectivity index (χ2v) is 23.4. The van der Waals surface area contributed by atoms with Crippen molar-refractivity contribution in [1.82, 2.24) is 0 Å². The summed E-state index contributed by atoms with van der Waals surface area (Å²) < 4.78 is 0. The first-order valence-electron chi connectivity index (χ1n) is 9.10. The molecule has 0 heterocycles. The summed E-state index contributed by atoms with van der Waals surface area (Å²) in [5, 5.41) is 8.71. The minimum Gasteiger partial charge on any atom is -0.481 e. The van der Waals surface area contributed by atoms with Gasteiger partial charge in [-0.25, -0.2) is 6.57 Å². The molecule has 0 aromatic heterocycles. The molecule has 0 spiro atoms. The molecule has 4 nitrogen and oxygen atoms in total. The number of carbonyl (C=O) groups is 1. The van der Waals surface area contributed by atoms with Crippen LogP contribution in [0.3, 0.4) is 0 Å². The molecule has 0 aliphatic heterocycles. The Morgan fingerprint density at radius 2 is 1.60 bits per heavy atom. The maximum atomic E-state index is 10.6. The van der Waals surface area contributed by atoms with Crippen molar-refractivity contribution < 1.29 is 24.6 Å². The molecule has 2 fully saturated rings. The van der Waals surface area contributed by atoms with Gasteiger partial charge in [-0.1, -0.05) is 32.6 Å². The zero-order chi connectivity index (χ0) is 19.2. The summed E-state index contributed by atoms with van der Waals surface area (Å²) in [5.74, 6) is -0.706. The van der Waals surface area contributed by atoms with E-state index in [4.69, 9.17) is 17.4 Å². The van der Waals surface area contributed by atoms with Crippen molar-refractivity contribution in [2.75, 3.05) is 6.54 Å². The van der Waals surface area contributed by atoms with E-state index in [1.165, 1.54) is 25.7 Å². The molecule has 7 heteroatoms. The third kappa shape index (κ3) is 10.9. The molecule has 2 aliphatic carbocycles. The van der Waals surface area contributed by atoms with Gasteiger partial charge in [-0.05, 0) is 37.6 Å². The van der Waals surface area contributed by atoms with Crippen molar-refractivity contribution >= 4 is 43.2 Å². The molecule has 3 N–H and O–H groups in total. The summed E-state index contributed by atoms with van der Waals surface area (Å²) in [6, 6.07) is 0. The van der Waals surface area contributed by atoms with Crippen LogP contribution in [0.1, 0.15) is 85.4 Å². The van der Waals surface area contributed by atoms with Crippen molar-refractivity contribution in [2.24, 2.45) is 11.1 Å². The second-order valence-electron chi connectivity index (χ2n) is 7.14. The molecule has 25 heavy (non-hydrogen) atoms. The Labute approximate surface area is 184 Å². The number of aliphatic carboxylic acids is 1. The molecule has 2 saturated carbocycles. The standard InChI is InChI=1S/C9H17NO2.C9H15N.I3.H2/c10-7-9(6-8(11)12)4-2-1-3-5-9;1-3-9(10-2)7-5-4-6-8-9;1-3-2;/h1-7,10H2,(H,11,12);3-8H2,1H3;;1H/q;;-1;. The number of hydrogen-bond acceptors (Lipinski definition) is 2. The molecule has 2 rings (SSSR count). The Hall–Kier alpha value is 1.11. The molecular formula is C18H34I3N2O2-. The molecule has 0 saturated heterocycles. The third-order valence-corrected chi connectivity index (χ3v) is 5.55. The molecule has 0 radical (unpaired) electrons. The molecule has 0 bridgehead atoms. The number of nitrogens with two attached hydrogens (primary N) is 1. The van der Waals surface area contributed by atoms with Gasteiger partial charge in [0.25, 0.3) is 0 Å². The van der Waals surface area contributed by atoms with Gasteiger partial charge >= 0.3 is 56.5 Å². The molecule has 0 aromatic carbocycles. The van der Waals surface area contributed by atoms with Crippen LogP contribution in [0.2, 0.25) is 0 Å². The maximum Gasteiger partial charge on any atom is 0.303 e. The van der Waals surface area contributed by atoms with Crippen LogP contribution in [0.4, 0.5) is 0 Å². The van der Waals surface area contributed by atoms with Gasteiger partial charge in [-0.3, -0.25) is 4.79 Å². The first kappa shape index (κ1) is 26.1. The van der Waals surface area contributed by atoms with Crippen molar-refractivity contribution in [2.45, 2.75) is 89.5 Å². The number of carboxylic acid groups (broad SMARTS) is 1. The van der Waals surface area contributed by atoms with Crippen LogP contribution in [0.15, 0.2) is 0 Å². The fourth-order valence-corrected chi connectivity index (χ4v) is 3.83. The smallest absolute Gasteiger partial charge is 0.303 e. The second kappa shape index (κ2) is 15.1. The Morgan fingerprint density at radius 3 is 1.88 bits per heavy atom. The Balaban J connectivity index is 0. The summed E-state index contributed by atoms with van der Waals surface area (Å²) in [6.07, 6.45) is 13.0. The number of nitrogens with zero attached hydrogens (tertiary/aromatic N) is 1. The van der Waals surface area contributed by atoms with Crippen LogP contribution < -0.4 is 19.0 Å². The van der Waals surface area contributed by atoms with Gasteiger partial charge in [0.05, 0.1) is 6.42 Å². The van der Waals surface area contributed by atoms with Crippen LogP contribution in [0.5, 0.6) is 0 Å². The number of halogens is 3. The first-order valence-corrected chi connectivity index (χ1v) is 21.7. The van der Waals surface area contributed by atoms with Crippen LogP contribution in [0.25, 0.3) is 4.85 Å². The van der Waals surface area contributed by atoms with Gasteiger partial charge in [-0.2, -0.15) is 0 Å². The average Bonchev–Trinajstić information content (AvgIpc) is 2.64. The zero-order valence-electron chi connectivity index (χ0n) is 15.2. The SMILES string of the molecule is I[I-]I.NCC1(CC(=O)O)CCCCC1.[C-]#[N+]C1(CC)CCCCC1.[HH]. The van der Waals surface area contributed by atoms with Crippen molar-refractivity contribution in [1.29, 1.82) is 0 Å². The maximum absolute atomic E-state index is 10.6. The van der Waals surface area contributed by atoms with Crippen molar-refractivity contribution in [3.63, 3.8) is 0 Å². The van der Waals surface area contributed by atoms with E-state index in [0.717, 1.165) is 44.9 Å². The van der Waals surface area contributed by atoms with Gasteiger partial charge < -0.3 is 15.7 Å². The quantitative estimate of drug-likeness (QED) is 0.351. The van der Waals surface area contributed by atoms with E-state index >= 15 is 0 Å². The Morgan fingerprint density at radius 1 is 1.16 bits per heavy atom. The van der Waals surface area contributed by atoms with Gasteiger partial charge in [-0.15, -0.1) is 0 Å². The minimum absolute atomic E-state index is 0. The van der Waals surface area contributed by atoms with Crippen molar-refractivity contribution in [3.8, 4) is 0 Å². The predicted molar refractivity (Wildman–Crippen MR) is 120 cm³/mol. The average molecular weight is 691 g/mol. The molecule has 0 atom stereocenters. The Bertz CT molecular complexity index is 408. The largest absolute Gasteiger partial charge is 0.481 e. The summed E-state index contributed by atoms with van der Waals surface area (Å²) >= 11 is 5.30. The van der Waals surface area contributed by atoms with E-state index in [0.29, 0.717) is 19.8 Å². The van der Waals surface area contributed by atoms with Gasteiger partial charge in [0.1, 0.15) is 0 Å². The fraction of sp³-hybridized carbons (Fsp3) is 0.889. The van der Waals surface area contributed by atoms with Crippen LogP contribution >= 0.6 is 37.2 Å². The predicted octanol–water partition coefficient (Wildman–Crippen LogP) is 3.41. The normalized spacial score (nSPS) is 20.9. The third-order valence-electron chi connectivity index (χ3n) is 5.55. The van der Waals surface area contributed by atoms with E-state index in [9.17, 15) is 4.79 Å². The molecule has 2 aliphatic rings. The number of rotatable bonds is 4. The minimum atomic E-state index is -0.706. The number of hydrogen-bond donors (Lipinski definition) is 2. The van der Waals surface area contributed by atoms with E-state index in [-0.39, 0.29) is 18.8 Å². The van der Waals surface area contributed by atoms with Crippen LogP contribution in [-0.2, 0) is 4.79 Å². The summed E-state index contributed by atoms with van der Waals surface area (Å²) in [7, 11) is 0. The Kier molecular flexibility index (Phi) is 15.8. The van der Waals surface area contributed by atoms with E-state index in [2.05, 4.69) is 49.0 Å². The van der Waals surface area contributed by atoms with Crippen LogP contribution in [-0.4, -0.2) is 23.2 Å². The van der Waals surface area contributed by atoms with E-state index in [1.807, 2.05) is 0 Å². The fourth-order valence-electron chi connectivity index (χ4n) is 3.83. The molecular weight excluding hydrogens is 657 g/mol. The van der Waals surface area contributed by atoms with Crippen molar-refractivity contribution in [3.05, 3.63) is 11.4 Å². The zero-order valence-corrected chi connectivity index (χ0v) is 21.7. The van der Waals surface area contributed by atoms with E-state index in [1.54, 1.807) is 0 Å². The molecule has 0 unspecified atom stereocenters. The summed E-state index contributed by atoms with van der Waals surface area (Å²) in [4.78, 5) is 14.3. The van der Waals surface area contributed by atoms with Gasteiger partial charge in [0, 0.05) is 20.7 Å². The van der Waals surface area contributed by atoms with E-state index < -0.39 is 5.97 Å². The summed E-state index contributed by atoms with van der Waals surface area (Å²) in [5.41, 5.74) is 5.60. The van der Waals surface area contributed by atoms with Crippen LogP contribution in [0, 0.1) is 12.0 Å². The molecule has 0 amide bonds. The first-order chi connectivity index (χ1) is 11.9. The molecule has 0 aromatic rings. The monoisotopic (exact) mass is 691 g/mol. The van der Waals surface area contributed by atoms with Gasteiger partial charge in [0.2, 0.25) is 5.54 Å². The topological polar surface area (TPSA) is 67.7 Å². The molecule has 150 valence electrons. The van der Waals surface area contributed by atoms with Gasteiger partial charge in [0.15, 0.2) is 0 Å². The number of carboxylic acids is 1. The summed E-state index contributed by atoms with van der Waals surface area (Å²) in [6.45, 7) is 9.74.